The second kappa shape index (κ2) is 9.83. The highest BCUT2D eigenvalue weighted by molar-refractivity contribution is 7.85. The van der Waals surface area contributed by atoms with Crippen molar-refractivity contribution < 1.29 is 26.6 Å². The molecule has 7 nitrogen and oxygen atoms in total. The first-order chi connectivity index (χ1) is 14.5. The minimum Gasteiger partial charge on any atom is -0.444 e. The Hall–Kier alpha value is -1.42. The lowest BCUT2D eigenvalue weighted by Crippen LogP contribution is -2.45. The highest BCUT2D eigenvalue weighted by Gasteiger charge is 2.44. The molecule has 1 aromatic rings. The molecule has 1 heterocycles. The van der Waals surface area contributed by atoms with Crippen LogP contribution in [0, 0.1) is 0 Å². The molecule has 32 heavy (non-hydrogen) atoms. The maximum Gasteiger partial charge on any atom is 0.410 e. The summed E-state index contributed by atoms with van der Waals surface area (Å²) in [6.07, 6.45) is -0.159. The van der Waals surface area contributed by atoms with Crippen LogP contribution in [0.4, 0.5) is 4.79 Å². The quantitative estimate of drug-likeness (QED) is 0.402. The molecular weight excluding hydrogens is 446 g/mol. The number of hydrogen-bond donors (Lipinski definition) is 0. The van der Waals surface area contributed by atoms with E-state index < -0.39 is 36.2 Å². The van der Waals surface area contributed by atoms with Gasteiger partial charge < -0.3 is 14.1 Å². The van der Waals surface area contributed by atoms with Gasteiger partial charge in [0.2, 0.25) is 0 Å². The molecule has 1 fully saturated rings. The van der Waals surface area contributed by atoms with E-state index in [0.717, 1.165) is 0 Å². The van der Waals surface area contributed by atoms with Crippen LogP contribution >= 0.6 is 0 Å². The van der Waals surface area contributed by atoms with E-state index in [1.807, 2.05) is 6.07 Å². The van der Waals surface area contributed by atoms with Crippen molar-refractivity contribution in [2.24, 2.45) is 0 Å². The molecule has 0 saturated carbocycles. The van der Waals surface area contributed by atoms with E-state index in [0.29, 0.717) is 18.5 Å². The number of likely N-dealkylation sites (tertiary alicyclic amines) is 1. The van der Waals surface area contributed by atoms with Gasteiger partial charge in [-0.1, -0.05) is 51.1 Å². The van der Waals surface area contributed by atoms with E-state index in [1.54, 1.807) is 49.9 Å². The van der Waals surface area contributed by atoms with Gasteiger partial charge in [-0.15, -0.1) is 0 Å². The molecule has 0 unspecified atom stereocenters. The van der Waals surface area contributed by atoms with Crippen LogP contribution in [0.5, 0.6) is 0 Å². The Labute approximate surface area is 194 Å². The zero-order chi connectivity index (χ0) is 24.4. The SMILES string of the molecule is CC(C)(C)OC(=O)N1C[C@@H](O[Si](C)(C)C(C)(C)C)C[C@@H]1COS(=O)(=O)Cc1ccccc1. The van der Waals surface area contributed by atoms with Gasteiger partial charge in [0.1, 0.15) is 11.4 Å². The number of ether oxygens (including phenoxy) is 1. The summed E-state index contributed by atoms with van der Waals surface area (Å²) in [7, 11) is -5.85. The van der Waals surface area contributed by atoms with Crippen LogP contribution in [0.25, 0.3) is 0 Å². The van der Waals surface area contributed by atoms with Gasteiger partial charge in [0.05, 0.1) is 18.8 Å². The van der Waals surface area contributed by atoms with E-state index >= 15 is 0 Å². The fourth-order valence-corrected chi connectivity index (χ4v) is 5.66. The maximum absolute atomic E-state index is 12.8. The van der Waals surface area contributed by atoms with Gasteiger partial charge >= 0.3 is 6.09 Å². The fourth-order valence-electron chi connectivity index (χ4n) is 3.26. The van der Waals surface area contributed by atoms with Gasteiger partial charge in [-0.2, -0.15) is 8.42 Å². The Morgan fingerprint density at radius 3 is 2.22 bits per heavy atom. The minimum absolute atomic E-state index is 0.0252. The van der Waals surface area contributed by atoms with Gasteiger partial charge in [-0.3, -0.25) is 4.18 Å². The van der Waals surface area contributed by atoms with E-state index in [2.05, 4.69) is 33.9 Å². The molecule has 1 aliphatic heterocycles. The number of benzene rings is 1. The van der Waals surface area contributed by atoms with E-state index in [9.17, 15) is 13.2 Å². The normalized spacial score (nSPS) is 20.4. The molecule has 0 N–H and O–H groups in total. The number of amides is 1. The van der Waals surface area contributed by atoms with Crippen molar-refractivity contribution in [2.45, 2.75) is 89.6 Å². The zero-order valence-electron chi connectivity index (χ0n) is 20.7. The molecule has 0 bridgehead atoms. The Morgan fingerprint density at radius 1 is 1.09 bits per heavy atom. The van der Waals surface area contributed by atoms with Crippen molar-refractivity contribution >= 4 is 24.5 Å². The molecule has 1 saturated heterocycles. The Balaban J connectivity index is 2.12. The lowest BCUT2D eigenvalue weighted by molar-refractivity contribution is 0.0176. The highest BCUT2D eigenvalue weighted by atomic mass is 32.2. The van der Waals surface area contributed by atoms with Gasteiger partial charge in [-0.25, -0.2) is 4.79 Å². The minimum atomic E-state index is -3.79. The molecule has 0 aromatic heterocycles. The summed E-state index contributed by atoms with van der Waals surface area (Å²) in [6, 6.07) is 8.45. The Morgan fingerprint density at radius 2 is 1.69 bits per heavy atom. The number of carbonyl (C=O) groups excluding carboxylic acids is 1. The molecular formula is C23H39NO6SSi. The first-order valence-electron chi connectivity index (χ1n) is 11.1. The van der Waals surface area contributed by atoms with Crippen molar-refractivity contribution in [1.82, 2.24) is 4.90 Å². The maximum atomic E-state index is 12.8. The molecule has 2 rings (SSSR count). The lowest BCUT2D eigenvalue weighted by Gasteiger charge is -2.38. The molecule has 2 atom stereocenters. The van der Waals surface area contributed by atoms with Crippen LogP contribution in [0.15, 0.2) is 30.3 Å². The third-order valence-corrected chi connectivity index (χ3v) is 11.6. The van der Waals surface area contributed by atoms with E-state index in [4.69, 9.17) is 13.3 Å². The average molecular weight is 486 g/mol. The van der Waals surface area contributed by atoms with Crippen molar-refractivity contribution in [1.29, 1.82) is 0 Å². The molecule has 9 heteroatoms. The highest BCUT2D eigenvalue weighted by Crippen LogP contribution is 2.39. The molecule has 0 spiro atoms. The zero-order valence-corrected chi connectivity index (χ0v) is 22.5. The number of nitrogens with zero attached hydrogens (tertiary/aromatic N) is 1. The molecule has 182 valence electrons. The van der Waals surface area contributed by atoms with Gasteiger partial charge in [0.15, 0.2) is 8.32 Å². The largest absolute Gasteiger partial charge is 0.444 e. The van der Waals surface area contributed by atoms with E-state index in [-0.39, 0.29) is 23.5 Å². The summed E-state index contributed by atoms with van der Waals surface area (Å²) in [4.78, 5) is 14.4. The predicted octanol–water partition coefficient (Wildman–Crippen LogP) is 4.93. The average Bonchev–Trinajstić information content (AvgIpc) is 3.00. The molecule has 1 amide bonds. The fraction of sp³-hybridized carbons (Fsp3) is 0.696. The first kappa shape index (κ1) is 26.8. The lowest BCUT2D eigenvalue weighted by atomic mass is 10.2. The van der Waals surface area contributed by atoms with Crippen molar-refractivity contribution in [3.63, 3.8) is 0 Å². The summed E-state index contributed by atoms with van der Waals surface area (Å²) in [6.45, 7) is 16.5. The Kier molecular flexibility index (Phi) is 8.24. The smallest absolute Gasteiger partial charge is 0.410 e. The molecule has 1 aliphatic rings. The third-order valence-electron chi connectivity index (χ3n) is 5.90. The van der Waals surface area contributed by atoms with Crippen LogP contribution in [0.3, 0.4) is 0 Å². The van der Waals surface area contributed by atoms with E-state index in [1.165, 1.54) is 0 Å². The van der Waals surface area contributed by atoms with Gasteiger partial charge in [-0.05, 0) is 50.9 Å². The summed E-state index contributed by atoms with van der Waals surface area (Å²) in [5, 5.41) is 0.0252. The number of rotatable bonds is 7. The first-order valence-corrected chi connectivity index (χ1v) is 15.6. The Bertz CT molecular complexity index is 874. The van der Waals surface area contributed by atoms with Crippen LogP contribution in [-0.2, 0) is 29.2 Å². The van der Waals surface area contributed by atoms with Crippen LogP contribution in [-0.4, -0.2) is 58.6 Å². The summed E-state index contributed by atoms with van der Waals surface area (Å²) >= 11 is 0. The van der Waals surface area contributed by atoms with Crippen LogP contribution < -0.4 is 0 Å². The molecule has 0 aliphatic carbocycles. The van der Waals surface area contributed by atoms with Crippen molar-refractivity contribution in [3.8, 4) is 0 Å². The summed E-state index contributed by atoms with van der Waals surface area (Å²) in [5.74, 6) is -0.211. The van der Waals surface area contributed by atoms with Crippen molar-refractivity contribution in [3.05, 3.63) is 35.9 Å². The standard InChI is InChI=1S/C23H39NO6SSi/c1-22(2,3)29-21(25)24-15-20(30-32(7,8)23(4,5)6)14-19(24)16-28-31(26,27)17-18-12-10-9-11-13-18/h9-13,19-20H,14-17H2,1-8H3/t19-,20+/m1/s1. The number of hydrogen-bond acceptors (Lipinski definition) is 6. The third kappa shape index (κ3) is 7.86. The van der Waals surface area contributed by atoms with Crippen molar-refractivity contribution in [2.75, 3.05) is 13.2 Å². The predicted molar refractivity (Wildman–Crippen MR) is 128 cm³/mol. The second-order valence-electron chi connectivity index (χ2n) is 11.0. The molecule has 0 radical (unpaired) electrons. The topological polar surface area (TPSA) is 82.1 Å². The van der Waals surface area contributed by atoms with Gasteiger partial charge in [0.25, 0.3) is 10.1 Å². The summed E-state index contributed by atoms with van der Waals surface area (Å²) < 4.78 is 42.5. The number of carbonyl (C=O) groups is 1. The summed E-state index contributed by atoms with van der Waals surface area (Å²) in [5.41, 5.74) is 0.00215. The second-order valence-corrected chi connectivity index (χ2v) is 17.4. The van der Waals surface area contributed by atoms with Gasteiger partial charge in [0, 0.05) is 6.54 Å². The molecule has 1 aromatic carbocycles. The van der Waals surface area contributed by atoms with Crippen LogP contribution in [0.1, 0.15) is 53.5 Å². The van der Waals surface area contributed by atoms with Crippen LogP contribution in [0.2, 0.25) is 18.1 Å². The monoisotopic (exact) mass is 485 g/mol.